The van der Waals surface area contributed by atoms with Crippen molar-refractivity contribution in [3.05, 3.63) is 35.6 Å². The number of piperidine rings is 3. The zero-order valence-electron chi connectivity index (χ0n) is 26.2. The van der Waals surface area contributed by atoms with Crippen LogP contribution in [0.1, 0.15) is 83.6 Å². The molecule has 7 nitrogen and oxygen atoms in total. The number of halogens is 1. The van der Waals surface area contributed by atoms with Crippen molar-refractivity contribution in [2.24, 2.45) is 34.5 Å². The van der Waals surface area contributed by atoms with Crippen molar-refractivity contribution in [2.75, 3.05) is 26.7 Å². The Labute approximate surface area is 255 Å². The van der Waals surface area contributed by atoms with E-state index in [0.717, 1.165) is 56.6 Å². The molecule has 43 heavy (non-hydrogen) atoms. The molecule has 3 heterocycles. The third-order valence-corrected chi connectivity index (χ3v) is 12.8. The maximum absolute atomic E-state index is 14.2. The van der Waals surface area contributed by atoms with E-state index < -0.39 is 11.5 Å². The number of hydrogen-bond acceptors (Lipinski definition) is 4. The Balaban J connectivity index is 1.09. The molecule has 1 aromatic carbocycles. The second-order valence-electron chi connectivity index (χ2n) is 15.4. The molecule has 8 heteroatoms. The highest BCUT2D eigenvalue weighted by atomic mass is 19.1. The highest BCUT2D eigenvalue weighted by Gasteiger charge is 2.82. The number of hydrogen-bond donors (Lipinski definition) is 2. The van der Waals surface area contributed by atoms with Gasteiger partial charge in [0.05, 0.1) is 11.3 Å². The quantitative estimate of drug-likeness (QED) is 0.472. The van der Waals surface area contributed by atoms with Crippen molar-refractivity contribution < 1.29 is 18.8 Å². The number of benzene rings is 1. The molecule has 3 amide bonds. The molecule has 1 aromatic rings. The number of amides is 3. The number of rotatable bonds is 8. The number of carbonyl (C=O) groups excluding carboxylic acids is 3. The molecular weight excluding hydrogens is 543 g/mol. The summed E-state index contributed by atoms with van der Waals surface area (Å²) in [5.74, 6) is 1.42. The molecular formula is C35H49FN4O3. The van der Waals surface area contributed by atoms with E-state index in [4.69, 9.17) is 0 Å². The fourth-order valence-corrected chi connectivity index (χ4v) is 10.4. The lowest BCUT2D eigenvalue weighted by atomic mass is 9.63. The SMILES string of the molecule is CC(C)NC(=O)C1(C2CCCCC2)CCN(C(=O)[C@@H](Cc2ccc(F)cc2)NC(=O)[C@H]2CC34CC3C3CC32N(C)C4)CC1. The molecule has 234 valence electrons. The highest BCUT2D eigenvalue weighted by molar-refractivity contribution is 5.90. The molecule has 2 spiro atoms. The zero-order valence-corrected chi connectivity index (χ0v) is 26.2. The Morgan fingerprint density at radius 1 is 0.953 bits per heavy atom. The minimum Gasteiger partial charge on any atom is -0.353 e. The minimum atomic E-state index is -0.712. The summed E-state index contributed by atoms with van der Waals surface area (Å²) in [6.45, 7) is 6.14. The van der Waals surface area contributed by atoms with Crippen LogP contribution in [0.5, 0.6) is 0 Å². The molecule has 0 aromatic heterocycles. The lowest BCUT2D eigenvalue weighted by Crippen LogP contribution is -2.61. The molecule has 7 fully saturated rings. The summed E-state index contributed by atoms with van der Waals surface area (Å²) in [6.07, 6.45) is 10.6. The Hall–Kier alpha value is -2.48. The van der Waals surface area contributed by atoms with Crippen LogP contribution in [-0.4, -0.2) is 71.8 Å². The molecule has 8 rings (SSSR count). The Kier molecular flexibility index (Phi) is 7.18. The van der Waals surface area contributed by atoms with E-state index in [9.17, 15) is 18.8 Å². The van der Waals surface area contributed by atoms with E-state index >= 15 is 0 Å². The highest BCUT2D eigenvalue weighted by Crippen LogP contribution is 2.80. The number of carbonyl (C=O) groups is 3. The lowest BCUT2D eigenvalue weighted by Gasteiger charge is -2.49. The largest absolute Gasteiger partial charge is 0.353 e. The number of nitrogens with zero attached hydrogens (tertiary/aromatic N) is 2. The van der Waals surface area contributed by atoms with Gasteiger partial charge in [0.15, 0.2) is 0 Å². The second kappa shape index (κ2) is 10.6. The summed E-state index contributed by atoms with van der Waals surface area (Å²) in [5.41, 5.74) is 0.645. The predicted molar refractivity (Wildman–Crippen MR) is 162 cm³/mol. The maximum atomic E-state index is 14.2. The molecule has 4 saturated carbocycles. The summed E-state index contributed by atoms with van der Waals surface area (Å²) < 4.78 is 13.7. The van der Waals surface area contributed by atoms with Crippen LogP contribution in [0.15, 0.2) is 24.3 Å². The molecule has 2 N–H and O–H groups in total. The van der Waals surface area contributed by atoms with Crippen LogP contribution < -0.4 is 10.6 Å². The van der Waals surface area contributed by atoms with Gasteiger partial charge in [0, 0.05) is 37.6 Å². The second-order valence-corrected chi connectivity index (χ2v) is 15.4. The van der Waals surface area contributed by atoms with Crippen LogP contribution in [0.3, 0.4) is 0 Å². The molecule has 7 aliphatic rings. The monoisotopic (exact) mass is 592 g/mol. The lowest BCUT2D eigenvalue weighted by molar-refractivity contribution is -0.147. The van der Waals surface area contributed by atoms with E-state index in [0.29, 0.717) is 49.6 Å². The topological polar surface area (TPSA) is 81.8 Å². The van der Waals surface area contributed by atoms with Gasteiger partial charge in [-0.3, -0.25) is 19.3 Å². The van der Waals surface area contributed by atoms with E-state index in [1.54, 1.807) is 12.1 Å². The molecule has 2 bridgehead atoms. The van der Waals surface area contributed by atoms with Crippen LogP contribution in [-0.2, 0) is 20.8 Å². The van der Waals surface area contributed by atoms with E-state index in [-0.39, 0.29) is 41.0 Å². The first-order chi connectivity index (χ1) is 20.6. The maximum Gasteiger partial charge on any atom is 0.245 e. The average molecular weight is 593 g/mol. The Bertz CT molecular complexity index is 1270. The van der Waals surface area contributed by atoms with Crippen LogP contribution in [0.25, 0.3) is 0 Å². The molecule has 0 radical (unpaired) electrons. The van der Waals surface area contributed by atoms with Gasteiger partial charge < -0.3 is 15.5 Å². The Morgan fingerprint density at radius 3 is 2.33 bits per heavy atom. The molecule has 4 aliphatic carbocycles. The van der Waals surface area contributed by atoms with Crippen molar-refractivity contribution in [1.29, 1.82) is 0 Å². The molecule has 4 unspecified atom stereocenters. The van der Waals surface area contributed by atoms with Crippen molar-refractivity contribution in [3.63, 3.8) is 0 Å². The Morgan fingerprint density at radius 2 is 1.65 bits per heavy atom. The van der Waals surface area contributed by atoms with Gasteiger partial charge in [0.1, 0.15) is 11.9 Å². The van der Waals surface area contributed by atoms with Crippen LogP contribution >= 0.6 is 0 Å². The van der Waals surface area contributed by atoms with Crippen molar-refractivity contribution in [2.45, 2.75) is 102 Å². The number of nitrogens with one attached hydrogen (secondary N) is 2. The van der Waals surface area contributed by atoms with Gasteiger partial charge in [-0.25, -0.2) is 4.39 Å². The fourth-order valence-electron chi connectivity index (χ4n) is 10.4. The predicted octanol–water partition coefficient (Wildman–Crippen LogP) is 4.30. The zero-order chi connectivity index (χ0) is 30.1. The van der Waals surface area contributed by atoms with Crippen molar-refractivity contribution in [3.8, 4) is 0 Å². The first-order valence-electron chi connectivity index (χ1n) is 16.9. The van der Waals surface area contributed by atoms with Gasteiger partial charge in [0.25, 0.3) is 0 Å². The van der Waals surface area contributed by atoms with Crippen LogP contribution in [0.2, 0.25) is 0 Å². The van der Waals surface area contributed by atoms with Gasteiger partial charge in [-0.05, 0) is 107 Å². The normalized spacial score (nSPS) is 35.1. The number of fused-ring (bicyclic) bond motifs is 2. The molecule has 3 aliphatic heterocycles. The van der Waals surface area contributed by atoms with E-state index in [2.05, 4.69) is 22.6 Å². The standard InChI is InChI=1S/C35H49FN4O3/c1-22(2)37-32(43)34(24-7-5-4-6-8-24)13-15-40(16-14-34)31(42)29(17-23-9-11-25(36)12-10-23)38-30(41)28-19-33-18-26(33)27-20-35(27,28)39(3)21-33/h9-12,22,24,26-29H,4-8,13-21H2,1-3H3,(H,37,43)(H,38,41)/t26?,27?,28-,29-,33?,35?/m1/s1. The molecule has 3 saturated heterocycles. The van der Waals surface area contributed by atoms with E-state index in [1.165, 1.54) is 25.0 Å². The fraction of sp³-hybridized carbons (Fsp3) is 0.743. The van der Waals surface area contributed by atoms with Crippen LogP contribution in [0.4, 0.5) is 4.39 Å². The van der Waals surface area contributed by atoms with Gasteiger partial charge in [-0.15, -0.1) is 0 Å². The van der Waals surface area contributed by atoms with Gasteiger partial charge in [-0.2, -0.15) is 0 Å². The first-order valence-corrected chi connectivity index (χ1v) is 16.9. The van der Waals surface area contributed by atoms with Crippen LogP contribution in [0, 0.1) is 40.3 Å². The summed E-state index contributed by atoms with van der Waals surface area (Å²) in [6, 6.07) is 5.62. The summed E-state index contributed by atoms with van der Waals surface area (Å²) in [4.78, 5) is 46.3. The van der Waals surface area contributed by atoms with Crippen molar-refractivity contribution >= 4 is 17.7 Å². The van der Waals surface area contributed by atoms with Crippen molar-refractivity contribution in [1.82, 2.24) is 20.4 Å². The van der Waals surface area contributed by atoms with Gasteiger partial charge >= 0.3 is 0 Å². The van der Waals surface area contributed by atoms with Gasteiger partial charge in [0.2, 0.25) is 17.7 Å². The summed E-state index contributed by atoms with van der Waals surface area (Å²) in [5, 5.41) is 6.46. The van der Waals surface area contributed by atoms with E-state index in [1.807, 2.05) is 18.7 Å². The smallest absolute Gasteiger partial charge is 0.245 e. The minimum absolute atomic E-state index is 0.00381. The number of likely N-dealkylation sites (tertiary alicyclic amines) is 1. The van der Waals surface area contributed by atoms with Gasteiger partial charge in [-0.1, -0.05) is 31.4 Å². The summed E-state index contributed by atoms with van der Waals surface area (Å²) >= 11 is 0. The average Bonchev–Trinajstić information content (AvgIpc) is 3.90. The third kappa shape index (κ3) is 4.81. The molecule has 6 atom stereocenters. The first kappa shape index (κ1) is 29.2. The third-order valence-electron chi connectivity index (χ3n) is 12.8. The summed E-state index contributed by atoms with van der Waals surface area (Å²) in [7, 11) is 2.18.